The average Bonchev–Trinajstić information content (AvgIpc) is 3.32. The molecular weight excluding hydrogens is 426 g/mol. The van der Waals surface area contributed by atoms with E-state index in [0.717, 1.165) is 23.4 Å². The smallest absolute Gasteiger partial charge is 0.262 e. The van der Waals surface area contributed by atoms with E-state index < -0.39 is 5.25 Å². The molecule has 32 heavy (non-hydrogen) atoms. The van der Waals surface area contributed by atoms with Crippen LogP contribution < -0.4 is 10.2 Å². The molecule has 0 radical (unpaired) electrons. The molecule has 0 saturated heterocycles. The van der Waals surface area contributed by atoms with Crippen LogP contribution in [0.15, 0.2) is 58.6 Å². The summed E-state index contributed by atoms with van der Waals surface area (Å²) in [6, 6.07) is 14.4. The van der Waals surface area contributed by atoms with Gasteiger partial charge in [-0.15, -0.1) is 0 Å². The van der Waals surface area contributed by atoms with Gasteiger partial charge in [0.05, 0.1) is 6.04 Å². The topological polar surface area (TPSA) is 97.6 Å². The maximum Gasteiger partial charge on any atom is 0.262 e. The predicted molar refractivity (Wildman–Crippen MR) is 128 cm³/mol. The van der Waals surface area contributed by atoms with Gasteiger partial charge in [-0.2, -0.15) is 10.1 Å². The van der Waals surface area contributed by atoms with E-state index in [1.807, 2.05) is 25.9 Å². The number of thioether (sulfide) groups is 1. The summed E-state index contributed by atoms with van der Waals surface area (Å²) in [4.78, 5) is 31.2. The molecule has 2 aromatic carbocycles. The van der Waals surface area contributed by atoms with E-state index in [1.165, 1.54) is 23.9 Å². The number of rotatable bonds is 5. The molecule has 4 rings (SSSR count). The van der Waals surface area contributed by atoms with Crippen LogP contribution in [-0.4, -0.2) is 52.2 Å². The number of benzene rings is 2. The zero-order valence-electron chi connectivity index (χ0n) is 18.1. The number of aromatic hydroxyl groups is 1. The number of aliphatic imine (C=N–C) groups is 1. The number of carbonyl (C=O) groups excluding carboxylic acids is 2. The number of hydrazone groups is 1. The molecule has 2 heterocycles. The van der Waals surface area contributed by atoms with Crippen molar-refractivity contribution in [3.8, 4) is 5.75 Å². The highest BCUT2D eigenvalue weighted by molar-refractivity contribution is 8.15. The second-order valence-electron chi connectivity index (χ2n) is 8.02. The summed E-state index contributed by atoms with van der Waals surface area (Å²) in [5.74, 6) is -0.489. The molecule has 2 unspecified atom stereocenters. The maximum absolute atomic E-state index is 12.5. The van der Waals surface area contributed by atoms with Crippen LogP contribution in [-0.2, 0) is 9.59 Å². The Labute approximate surface area is 191 Å². The molecular formula is C23H25N5O3S. The summed E-state index contributed by atoms with van der Waals surface area (Å²) in [5, 5.41) is 18.5. The van der Waals surface area contributed by atoms with E-state index in [0.29, 0.717) is 10.9 Å². The molecule has 2 aromatic rings. The minimum atomic E-state index is -0.588. The summed E-state index contributed by atoms with van der Waals surface area (Å²) in [7, 11) is 4.00. The van der Waals surface area contributed by atoms with Gasteiger partial charge in [0.1, 0.15) is 11.0 Å². The Hall–Kier alpha value is -3.33. The van der Waals surface area contributed by atoms with Crippen LogP contribution in [0.2, 0.25) is 0 Å². The Kier molecular flexibility index (Phi) is 6.18. The number of nitrogens with one attached hydrogen (secondary N) is 1. The molecule has 0 bridgehead atoms. The molecule has 0 aliphatic carbocycles. The van der Waals surface area contributed by atoms with E-state index in [-0.39, 0.29) is 30.0 Å². The third-order valence-electron chi connectivity index (χ3n) is 5.30. The zero-order valence-corrected chi connectivity index (χ0v) is 19.0. The third-order valence-corrected chi connectivity index (χ3v) is 6.45. The van der Waals surface area contributed by atoms with Crippen molar-refractivity contribution in [1.29, 1.82) is 0 Å². The Morgan fingerprint density at radius 2 is 1.88 bits per heavy atom. The van der Waals surface area contributed by atoms with Crippen LogP contribution in [0.5, 0.6) is 5.75 Å². The van der Waals surface area contributed by atoms with Gasteiger partial charge in [0.15, 0.2) is 5.17 Å². The molecule has 9 heteroatoms. The number of carbonyl (C=O) groups is 2. The van der Waals surface area contributed by atoms with Crippen molar-refractivity contribution in [2.45, 2.75) is 31.1 Å². The molecule has 166 valence electrons. The molecule has 2 aliphatic heterocycles. The number of phenols is 1. The van der Waals surface area contributed by atoms with Crippen molar-refractivity contribution in [2.75, 3.05) is 24.3 Å². The second-order valence-corrected chi connectivity index (χ2v) is 9.19. The van der Waals surface area contributed by atoms with Crippen LogP contribution in [0.3, 0.4) is 0 Å². The van der Waals surface area contributed by atoms with E-state index in [2.05, 4.69) is 39.7 Å². The van der Waals surface area contributed by atoms with Crippen molar-refractivity contribution in [3.63, 3.8) is 0 Å². The van der Waals surface area contributed by atoms with Crippen LogP contribution in [0.4, 0.5) is 11.4 Å². The van der Waals surface area contributed by atoms with Gasteiger partial charge < -0.3 is 15.3 Å². The Morgan fingerprint density at radius 3 is 2.53 bits per heavy atom. The number of amides is 2. The Bertz CT molecular complexity index is 1080. The normalized spacial score (nSPS) is 20.2. The quantitative estimate of drug-likeness (QED) is 0.674. The van der Waals surface area contributed by atoms with Gasteiger partial charge >= 0.3 is 0 Å². The largest absolute Gasteiger partial charge is 0.508 e. The number of phenolic OH excluding ortho intramolecular Hbond substituents is 1. The van der Waals surface area contributed by atoms with E-state index in [9.17, 15) is 14.7 Å². The fourth-order valence-corrected chi connectivity index (χ4v) is 4.68. The third kappa shape index (κ3) is 4.77. The van der Waals surface area contributed by atoms with Crippen LogP contribution in [0.1, 0.15) is 31.4 Å². The summed E-state index contributed by atoms with van der Waals surface area (Å²) >= 11 is 1.28. The zero-order chi connectivity index (χ0) is 22.8. The standard InChI is InChI=1S/C23H25N5O3S/c1-14-12-19(15-4-8-17(9-5-15)27(2)3)28(26-14)23-25-22(31)20(32-23)13-21(30)24-16-6-10-18(29)11-7-16/h4-11,19-20,29H,12-13H2,1-3H3,(H,24,30). The molecule has 8 nitrogen and oxygen atoms in total. The second kappa shape index (κ2) is 9.04. The SMILES string of the molecule is CC1=NN(C2=NC(=O)C(CC(=O)Nc3ccc(O)cc3)S2)C(c2ccc(N(C)C)cc2)C1. The molecule has 0 saturated carbocycles. The van der Waals surface area contributed by atoms with Gasteiger partial charge in [0, 0.05) is 44.0 Å². The Morgan fingerprint density at radius 1 is 1.19 bits per heavy atom. The summed E-state index contributed by atoms with van der Waals surface area (Å²) in [6.45, 7) is 1.96. The van der Waals surface area contributed by atoms with E-state index in [1.54, 1.807) is 17.1 Å². The van der Waals surface area contributed by atoms with Crippen molar-refractivity contribution >= 4 is 45.8 Å². The van der Waals surface area contributed by atoms with Gasteiger partial charge in [-0.1, -0.05) is 23.9 Å². The molecule has 2 atom stereocenters. The highest BCUT2D eigenvalue weighted by Crippen LogP contribution is 2.37. The fourth-order valence-electron chi connectivity index (χ4n) is 3.62. The maximum atomic E-state index is 12.5. The van der Waals surface area contributed by atoms with E-state index >= 15 is 0 Å². The lowest BCUT2D eigenvalue weighted by Gasteiger charge is -2.24. The lowest BCUT2D eigenvalue weighted by atomic mass is 10.0. The average molecular weight is 452 g/mol. The highest BCUT2D eigenvalue weighted by atomic mass is 32.2. The first kappa shape index (κ1) is 21.9. The summed E-state index contributed by atoms with van der Waals surface area (Å²) in [6.07, 6.45) is 0.761. The first-order valence-electron chi connectivity index (χ1n) is 10.3. The van der Waals surface area contributed by atoms with Crippen molar-refractivity contribution in [2.24, 2.45) is 10.1 Å². The molecule has 2 amide bonds. The number of nitrogens with zero attached hydrogens (tertiary/aromatic N) is 4. The van der Waals surface area contributed by atoms with Gasteiger partial charge in [0.2, 0.25) is 5.91 Å². The van der Waals surface area contributed by atoms with Gasteiger partial charge in [-0.3, -0.25) is 9.59 Å². The van der Waals surface area contributed by atoms with Crippen LogP contribution in [0.25, 0.3) is 0 Å². The number of anilines is 2. The van der Waals surface area contributed by atoms with Crippen molar-refractivity contribution in [1.82, 2.24) is 5.01 Å². The number of hydrogen-bond acceptors (Lipinski definition) is 7. The number of hydrogen-bond donors (Lipinski definition) is 2. The lowest BCUT2D eigenvalue weighted by molar-refractivity contribution is -0.121. The van der Waals surface area contributed by atoms with Crippen molar-refractivity contribution in [3.05, 3.63) is 54.1 Å². The molecule has 2 N–H and O–H groups in total. The lowest BCUT2D eigenvalue weighted by Crippen LogP contribution is -2.25. The Balaban J connectivity index is 1.42. The predicted octanol–water partition coefficient (Wildman–Crippen LogP) is 3.61. The van der Waals surface area contributed by atoms with Crippen LogP contribution in [0, 0.1) is 0 Å². The summed E-state index contributed by atoms with van der Waals surface area (Å²) in [5.41, 5.74) is 3.74. The van der Waals surface area contributed by atoms with Gasteiger partial charge in [0.25, 0.3) is 5.91 Å². The minimum absolute atomic E-state index is 0.0100. The first-order chi connectivity index (χ1) is 15.3. The fraction of sp³-hybridized carbons (Fsp3) is 0.304. The molecule has 0 spiro atoms. The minimum Gasteiger partial charge on any atom is -0.508 e. The van der Waals surface area contributed by atoms with Crippen LogP contribution >= 0.6 is 11.8 Å². The molecule has 0 fully saturated rings. The molecule has 2 aliphatic rings. The monoisotopic (exact) mass is 451 g/mol. The van der Waals surface area contributed by atoms with Crippen molar-refractivity contribution < 1.29 is 14.7 Å². The number of amidine groups is 1. The van der Waals surface area contributed by atoms with Gasteiger partial charge in [-0.05, 0) is 48.9 Å². The summed E-state index contributed by atoms with van der Waals surface area (Å²) < 4.78 is 0. The van der Waals surface area contributed by atoms with Gasteiger partial charge in [-0.25, -0.2) is 5.01 Å². The first-order valence-corrected chi connectivity index (χ1v) is 11.2. The highest BCUT2D eigenvalue weighted by Gasteiger charge is 2.38. The molecule has 0 aromatic heterocycles. The van der Waals surface area contributed by atoms with E-state index in [4.69, 9.17) is 0 Å².